The molecule has 2 saturated carbocycles. The number of hydrogen-bond donors (Lipinski definition) is 0. The van der Waals surface area contributed by atoms with Gasteiger partial charge in [0, 0.05) is 56.8 Å². The molecule has 1 aromatic carbocycles. The summed E-state index contributed by atoms with van der Waals surface area (Å²) in [4.78, 5) is 64.6. The molecule has 2 fully saturated rings. The molecule has 240 valence electrons. The molecular weight excluding hydrogens is 564 g/mol. The van der Waals surface area contributed by atoms with Gasteiger partial charge in [-0.25, -0.2) is 0 Å². The van der Waals surface area contributed by atoms with E-state index >= 15 is 0 Å². The molecule has 44 heavy (non-hydrogen) atoms. The van der Waals surface area contributed by atoms with Crippen molar-refractivity contribution in [3.05, 3.63) is 47.0 Å². The first-order chi connectivity index (χ1) is 20.6. The lowest BCUT2D eigenvalue weighted by molar-refractivity contribution is -0.222. The lowest BCUT2D eigenvalue weighted by atomic mass is 9.48. The number of ether oxygens (including phenoxy) is 4. The highest BCUT2D eigenvalue weighted by molar-refractivity contribution is 5.97. The third-order valence-corrected chi connectivity index (χ3v) is 10.3. The number of allylic oxidation sites excluding steroid dienone is 1. The van der Waals surface area contributed by atoms with Crippen molar-refractivity contribution < 1.29 is 42.9 Å². The minimum Gasteiger partial charge on any atom is -0.462 e. The van der Waals surface area contributed by atoms with Crippen molar-refractivity contribution in [1.82, 2.24) is 0 Å². The lowest BCUT2D eigenvalue weighted by Crippen LogP contribution is -2.65. The molecule has 9 heteroatoms. The van der Waals surface area contributed by atoms with Crippen LogP contribution in [0.4, 0.5) is 0 Å². The summed E-state index contributed by atoms with van der Waals surface area (Å²) in [6, 6.07) is 9.71. The quantitative estimate of drug-likeness (QED) is 0.298. The molecule has 1 aromatic rings. The summed E-state index contributed by atoms with van der Waals surface area (Å²) in [5.41, 5.74) is 0.426. The van der Waals surface area contributed by atoms with E-state index in [4.69, 9.17) is 18.9 Å². The topological polar surface area (TPSA) is 122 Å². The van der Waals surface area contributed by atoms with Gasteiger partial charge in [-0.05, 0) is 48.3 Å². The van der Waals surface area contributed by atoms with Gasteiger partial charge >= 0.3 is 23.9 Å². The Kier molecular flexibility index (Phi) is 9.76. The van der Waals surface area contributed by atoms with Crippen molar-refractivity contribution in [3.63, 3.8) is 0 Å². The second kappa shape index (κ2) is 12.9. The Morgan fingerprint density at radius 1 is 0.886 bits per heavy atom. The maximum absolute atomic E-state index is 13.6. The van der Waals surface area contributed by atoms with Crippen LogP contribution in [0.2, 0.25) is 0 Å². The maximum Gasteiger partial charge on any atom is 0.306 e. The number of carbonyl (C=O) groups excluding carboxylic acids is 5. The molecule has 3 aliphatic carbocycles. The molecule has 4 rings (SSSR count). The Morgan fingerprint density at radius 2 is 1.50 bits per heavy atom. The van der Waals surface area contributed by atoms with Crippen molar-refractivity contribution in [2.75, 3.05) is 0 Å². The largest absolute Gasteiger partial charge is 0.462 e. The van der Waals surface area contributed by atoms with Gasteiger partial charge in [-0.3, -0.25) is 24.0 Å². The van der Waals surface area contributed by atoms with Crippen LogP contribution in [0.5, 0.6) is 0 Å². The predicted molar refractivity (Wildman–Crippen MR) is 161 cm³/mol. The van der Waals surface area contributed by atoms with Crippen LogP contribution in [0.15, 0.2) is 41.5 Å². The van der Waals surface area contributed by atoms with Crippen LogP contribution in [0.1, 0.15) is 86.6 Å². The van der Waals surface area contributed by atoms with E-state index < -0.39 is 65.0 Å². The molecule has 8 atom stereocenters. The summed E-state index contributed by atoms with van der Waals surface area (Å²) in [6.07, 6.45) is -1.50. The molecule has 0 unspecified atom stereocenters. The smallest absolute Gasteiger partial charge is 0.306 e. The van der Waals surface area contributed by atoms with Crippen molar-refractivity contribution >= 4 is 29.7 Å². The average Bonchev–Trinajstić information content (AvgIpc) is 2.93. The van der Waals surface area contributed by atoms with Gasteiger partial charge in [-0.15, -0.1) is 0 Å². The van der Waals surface area contributed by atoms with Gasteiger partial charge in [-0.1, -0.05) is 58.0 Å². The van der Waals surface area contributed by atoms with E-state index in [2.05, 4.69) is 0 Å². The Bertz CT molecular complexity index is 1330. The van der Waals surface area contributed by atoms with Gasteiger partial charge in [0.15, 0.2) is 11.9 Å². The number of esters is 4. The van der Waals surface area contributed by atoms with Crippen LogP contribution in [-0.2, 0) is 49.3 Å². The van der Waals surface area contributed by atoms with E-state index in [-0.39, 0.29) is 30.5 Å². The normalized spacial score (nSPS) is 32.8. The second-order valence-corrected chi connectivity index (χ2v) is 13.6. The molecule has 0 spiro atoms. The third kappa shape index (κ3) is 6.47. The summed E-state index contributed by atoms with van der Waals surface area (Å²) < 4.78 is 24.3. The zero-order valence-corrected chi connectivity index (χ0v) is 27.1. The monoisotopic (exact) mass is 610 g/mol. The van der Waals surface area contributed by atoms with Crippen LogP contribution in [-0.4, -0.2) is 54.1 Å². The fourth-order valence-corrected chi connectivity index (χ4v) is 8.32. The highest BCUT2D eigenvalue weighted by Gasteiger charge is 2.65. The van der Waals surface area contributed by atoms with Gasteiger partial charge in [0.2, 0.25) is 0 Å². The summed E-state index contributed by atoms with van der Waals surface area (Å²) in [7, 11) is 0. The number of fused-ring (bicyclic) bond motifs is 3. The van der Waals surface area contributed by atoms with E-state index in [1.54, 1.807) is 6.92 Å². The lowest BCUT2D eigenvalue weighted by Gasteiger charge is -2.60. The van der Waals surface area contributed by atoms with Crippen molar-refractivity contribution in [2.45, 2.75) is 112 Å². The van der Waals surface area contributed by atoms with Crippen LogP contribution >= 0.6 is 0 Å². The van der Waals surface area contributed by atoms with Crippen molar-refractivity contribution in [3.8, 4) is 0 Å². The van der Waals surface area contributed by atoms with Gasteiger partial charge in [0.1, 0.15) is 18.3 Å². The fourth-order valence-electron chi connectivity index (χ4n) is 8.32. The highest BCUT2D eigenvalue weighted by atomic mass is 16.6. The molecule has 3 aliphatic rings. The SMILES string of the molecule is CC(=O)O[C@H]1[C@@H]2[C@H](C)[C@@H](OC(=O)CCc3ccccc3)CC[C@@]2(C)[C@@H](OC(C)=O)[C@H](OC(C)=O)C2=C(C)C(=O)C[C@@H]1C2(C)C. The van der Waals surface area contributed by atoms with Crippen LogP contribution in [0.3, 0.4) is 0 Å². The maximum atomic E-state index is 13.6. The minimum absolute atomic E-state index is 0.131. The Labute approximate surface area is 260 Å². The summed E-state index contributed by atoms with van der Waals surface area (Å²) in [5.74, 6) is -3.42. The molecule has 0 radical (unpaired) electrons. The van der Waals surface area contributed by atoms with Crippen LogP contribution < -0.4 is 0 Å². The van der Waals surface area contributed by atoms with E-state index in [0.29, 0.717) is 30.4 Å². The van der Waals surface area contributed by atoms with E-state index in [1.807, 2.05) is 58.0 Å². The molecule has 0 heterocycles. The van der Waals surface area contributed by atoms with Gasteiger partial charge in [0.25, 0.3) is 0 Å². The fraction of sp³-hybridized carbons (Fsp3) is 0.629. The van der Waals surface area contributed by atoms with Crippen LogP contribution in [0, 0.1) is 28.6 Å². The third-order valence-electron chi connectivity index (χ3n) is 10.3. The van der Waals surface area contributed by atoms with Gasteiger partial charge in [-0.2, -0.15) is 0 Å². The highest BCUT2D eigenvalue weighted by Crippen LogP contribution is 2.60. The molecule has 0 amide bonds. The minimum atomic E-state index is -1.03. The number of rotatable bonds is 7. The van der Waals surface area contributed by atoms with E-state index in [1.165, 1.54) is 20.8 Å². The standard InChI is InChI=1S/C35H46O9/c1-19-26(39)18-25-31(41-21(3)36)30-20(2)27(44-28(40)15-14-24-12-10-9-11-13-24)16-17-35(30,8)33(43-23(5)38)32(42-22(4)37)29(19)34(25,6)7/h9-13,20,25,27,30-33H,14-18H2,1-8H3/t20-,25+,27+,30+,31-,32-,33+,35-/m1/s1. The Morgan fingerprint density at radius 3 is 2.09 bits per heavy atom. The number of ketones is 1. The molecular formula is C35H46O9. The Balaban J connectivity index is 1.82. The number of benzene rings is 1. The average molecular weight is 611 g/mol. The molecule has 0 aromatic heterocycles. The number of Topliss-reactive ketones (excluding diaryl/α,β-unsaturated/α-hetero) is 1. The van der Waals surface area contributed by atoms with Crippen molar-refractivity contribution in [1.29, 1.82) is 0 Å². The zero-order chi connectivity index (χ0) is 32.6. The van der Waals surface area contributed by atoms with Crippen molar-refractivity contribution in [2.24, 2.45) is 28.6 Å². The Hall–Kier alpha value is -3.49. The van der Waals surface area contributed by atoms with E-state index in [9.17, 15) is 24.0 Å². The second-order valence-electron chi connectivity index (χ2n) is 13.6. The summed E-state index contributed by atoms with van der Waals surface area (Å²) in [6.45, 7) is 13.5. The molecule has 0 saturated heterocycles. The predicted octanol–water partition coefficient (Wildman–Crippen LogP) is 5.32. The first kappa shape index (κ1) is 33.4. The number of hydrogen-bond acceptors (Lipinski definition) is 9. The van der Waals surface area contributed by atoms with E-state index in [0.717, 1.165) is 5.56 Å². The molecule has 9 nitrogen and oxygen atoms in total. The first-order valence-electron chi connectivity index (χ1n) is 15.6. The number of carbonyl (C=O) groups is 5. The van der Waals surface area contributed by atoms with Gasteiger partial charge < -0.3 is 18.9 Å². The first-order valence-corrected chi connectivity index (χ1v) is 15.6. The van der Waals surface area contributed by atoms with Crippen LogP contribution in [0.25, 0.3) is 0 Å². The summed E-state index contributed by atoms with van der Waals surface area (Å²) in [5, 5.41) is 0. The van der Waals surface area contributed by atoms with Gasteiger partial charge in [0.05, 0.1) is 0 Å². The zero-order valence-electron chi connectivity index (χ0n) is 27.1. The number of aryl methyl sites for hydroxylation is 1. The molecule has 2 bridgehead atoms. The molecule has 0 N–H and O–H groups in total. The summed E-state index contributed by atoms with van der Waals surface area (Å²) >= 11 is 0. The molecule has 0 aliphatic heterocycles.